The number of carbonyl (C=O) groups excluding carboxylic acids is 1. The Labute approximate surface area is 160 Å². The van der Waals surface area contributed by atoms with Crippen molar-refractivity contribution in [1.29, 1.82) is 0 Å². The van der Waals surface area contributed by atoms with E-state index in [1.165, 1.54) is 27.8 Å². The summed E-state index contributed by atoms with van der Waals surface area (Å²) in [6.07, 6.45) is 1.97. The van der Waals surface area contributed by atoms with E-state index < -0.39 is 0 Å². The molecule has 0 saturated heterocycles. The third-order valence-corrected chi connectivity index (χ3v) is 5.47. The lowest BCUT2D eigenvalue weighted by Crippen LogP contribution is -2.10. The number of nitrogens with one attached hydrogen (secondary N) is 2. The number of thiophene rings is 1. The second-order valence-corrected chi connectivity index (χ2v) is 7.27. The standard InChI is InChI=1S/C23H16N2OS/c26-23(18-9-11-27-14-18)25-19-7-6-15-12-17(5-4-16(15)13-19)20-2-1-3-22-21(20)8-10-24-22/h1-14,24H,(H,25,26). The van der Waals surface area contributed by atoms with Gasteiger partial charge in [0.25, 0.3) is 5.91 Å². The summed E-state index contributed by atoms with van der Waals surface area (Å²) < 4.78 is 0. The van der Waals surface area contributed by atoms with Gasteiger partial charge in [-0.1, -0.05) is 30.3 Å². The molecule has 4 heteroatoms. The van der Waals surface area contributed by atoms with E-state index in [0.717, 1.165) is 22.0 Å². The number of rotatable bonds is 3. The largest absolute Gasteiger partial charge is 0.361 e. The van der Waals surface area contributed by atoms with Crippen molar-refractivity contribution < 1.29 is 4.79 Å². The van der Waals surface area contributed by atoms with Crippen molar-refractivity contribution in [2.75, 3.05) is 5.32 Å². The number of hydrogen-bond acceptors (Lipinski definition) is 2. The molecule has 27 heavy (non-hydrogen) atoms. The van der Waals surface area contributed by atoms with Crippen LogP contribution in [0.2, 0.25) is 0 Å². The van der Waals surface area contributed by atoms with E-state index in [9.17, 15) is 4.79 Å². The number of amides is 1. The van der Waals surface area contributed by atoms with E-state index in [0.29, 0.717) is 5.56 Å². The monoisotopic (exact) mass is 368 g/mol. The van der Waals surface area contributed by atoms with Gasteiger partial charge >= 0.3 is 0 Å². The molecular weight excluding hydrogens is 352 g/mol. The summed E-state index contributed by atoms with van der Waals surface area (Å²) in [5.41, 5.74) is 5.03. The van der Waals surface area contributed by atoms with Crippen LogP contribution in [0.4, 0.5) is 5.69 Å². The average molecular weight is 368 g/mol. The van der Waals surface area contributed by atoms with Crippen LogP contribution in [0.5, 0.6) is 0 Å². The molecule has 0 bridgehead atoms. The molecular formula is C23H16N2OS. The van der Waals surface area contributed by atoms with Gasteiger partial charge in [0.05, 0.1) is 5.56 Å². The molecule has 0 spiro atoms. The number of hydrogen-bond donors (Lipinski definition) is 2. The van der Waals surface area contributed by atoms with Crippen molar-refractivity contribution in [1.82, 2.24) is 4.98 Å². The molecule has 0 fully saturated rings. The van der Waals surface area contributed by atoms with E-state index >= 15 is 0 Å². The topological polar surface area (TPSA) is 44.9 Å². The lowest BCUT2D eigenvalue weighted by atomic mass is 9.98. The lowest BCUT2D eigenvalue weighted by Gasteiger charge is -2.08. The van der Waals surface area contributed by atoms with Crippen LogP contribution in [0.3, 0.4) is 0 Å². The minimum Gasteiger partial charge on any atom is -0.361 e. The Morgan fingerprint density at radius 1 is 0.926 bits per heavy atom. The summed E-state index contributed by atoms with van der Waals surface area (Å²) in [4.78, 5) is 15.5. The van der Waals surface area contributed by atoms with E-state index in [4.69, 9.17) is 0 Å². The van der Waals surface area contributed by atoms with Crippen molar-refractivity contribution in [3.05, 3.63) is 89.3 Å². The predicted molar refractivity (Wildman–Crippen MR) is 114 cm³/mol. The first-order valence-corrected chi connectivity index (χ1v) is 9.66. The van der Waals surface area contributed by atoms with Gasteiger partial charge in [-0.25, -0.2) is 0 Å². The number of aromatic nitrogens is 1. The Morgan fingerprint density at radius 2 is 1.81 bits per heavy atom. The molecule has 0 aliphatic rings. The predicted octanol–water partition coefficient (Wildman–Crippen LogP) is 6.30. The Balaban J connectivity index is 1.50. The number of fused-ring (bicyclic) bond motifs is 2. The summed E-state index contributed by atoms with van der Waals surface area (Å²) in [7, 11) is 0. The van der Waals surface area contributed by atoms with Gasteiger partial charge < -0.3 is 10.3 Å². The van der Waals surface area contributed by atoms with Gasteiger partial charge in [0.2, 0.25) is 0 Å². The Bertz CT molecular complexity index is 1270. The van der Waals surface area contributed by atoms with E-state index in [2.05, 4.69) is 58.8 Å². The highest BCUT2D eigenvalue weighted by Gasteiger charge is 2.08. The highest BCUT2D eigenvalue weighted by molar-refractivity contribution is 7.08. The molecule has 0 radical (unpaired) electrons. The summed E-state index contributed by atoms with van der Waals surface area (Å²) >= 11 is 1.52. The van der Waals surface area contributed by atoms with Crippen LogP contribution in [0.25, 0.3) is 32.8 Å². The van der Waals surface area contributed by atoms with Crippen LogP contribution in [-0.4, -0.2) is 10.9 Å². The van der Waals surface area contributed by atoms with E-state index in [1.807, 2.05) is 35.2 Å². The summed E-state index contributed by atoms with van der Waals surface area (Å²) in [5.74, 6) is -0.0774. The second kappa shape index (κ2) is 6.41. The van der Waals surface area contributed by atoms with Gasteiger partial charge in [-0.15, -0.1) is 0 Å². The number of benzene rings is 3. The number of aromatic amines is 1. The van der Waals surface area contributed by atoms with Gasteiger partial charge in [-0.2, -0.15) is 11.3 Å². The molecule has 2 heterocycles. The van der Waals surface area contributed by atoms with Crippen LogP contribution < -0.4 is 5.32 Å². The molecule has 5 rings (SSSR count). The molecule has 3 nitrogen and oxygen atoms in total. The van der Waals surface area contributed by atoms with Crippen LogP contribution >= 0.6 is 11.3 Å². The summed E-state index contributed by atoms with van der Waals surface area (Å²) in [5, 5.41) is 10.2. The van der Waals surface area contributed by atoms with Crippen LogP contribution in [0.15, 0.2) is 83.7 Å². The van der Waals surface area contributed by atoms with Gasteiger partial charge in [0.1, 0.15) is 0 Å². The third kappa shape index (κ3) is 2.90. The Hall–Kier alpha value is -3.37. The minimum absolute atomic E-state index is 0.0774. The van der Waals surface area contributed by atoms with Crippen molar-refractivity contribution in [3.8, 4) is 11.1 Å². The first kappa shape index (κ1) is 15.9. The van der Waals surface area contributed by atoms with Crippen molar-refractivity contribution in [2.24, 2.45) is 0 Å². The molecule has 2 N–H and O–H groups in total. The second-order valence-electron chi connectivity index (χ2n) is 6.49. The maximum absolute atomic E-state index is 12.2. The average Bonchev–Trinajstić information content (AvgIpc) is 3.39. The molecule has 0 aliphatic carbocycles. The lowest BCUT2D eigenvalue weighted by molar-refractivity contribution is 0.102. The summed E-state index contributed by atoms with van der Waals surface area (Å²) in [6.45, 7) is 0. The van der Waals surface area contributed by atoms with Crippen molar-refractivity contribution in [3.63, 3.8) is 0 Å². The van der Waals surface area contributed by atoms with Crippen molar-refractivity contribution in [2.45, 2.75) is 0 Å². The van der Waals surface area contributed by atoms with E-state index in [1.54, 1.807) is 0 Å². The Kier molecular flexibility index (Phi) is 3.77. The third-order valence-electron chi connectivity index (χ3n) is 4.79. The van der Waals surface area contributed by atoms with Crippen LogP contribution in [0.1, 0.15) is 10.4 Å². The Morgan fingerprint density at radius 3 is 2.70 bits per heavy atom. The summed E-state index contributed by atoms with van der Waals surface area (Å²) in [6, 6.07) is 22.7. The van der Waals surface area contributed by atoms with Crippen LogP contribution in [0, 0.1) is 0 Å². The maximum Gasteiger partial charge on any atom is 0.256 e. The van der Waals surface area contributed by atoms with E-state index in [-0.39, 0.29) is 5.91 Å². The van der Waals surface area contributed by atoms with Crippen molar-refractivity contribution >= 4 is 44.6 Å². The first-order chi connectivity index (χ1) is 13.3. The number of H-pyrrole nitrogens is 1. The highest BCUT2D eigenvalue weighted by Crippen LogP contribution is 2.31. The molecule has 130 valence electrons. The first-order valence-electron chi connectivity index (χ1n) is 8.72. The molecule has 2 aromatic heterocycles. The smallest absolute Gasteiger partial charge is 0.256 e. The zero-order chi connectivity index (χ0) is 18.2. The van der Waals surface area contributed by atoms with Gasteiger partial charge in [-0.3, -0.25) is 4.79 Å². The SMILES string of the molecule is O=C(Nc1ccc2cc(-c3cccc4[nH]ccc34)ccc2c1)c1ccsc1. The molecule has 0 atom stereocenters. The van der Waals surface area contributed by atoms with Gasteiger partial charge in [0.15, 0.2) is 0 Å². The normalized spacial score (nSPS) is 11.1. The molecule has 5 aromatic rings. The quantitative estimate of drug-likeness (QED) is 0.385. The molecule has 0 aliphatic heterocycles. The fourth-order valence-electron chi connectivity index (χ4n) is 3.43. The zero-order valence-electron chi connectivity index (χ0n) is 14.4. The fourth-order valence-corrected chi connectivity index (χ4v) is 4.06. The fraction of sp³-hybridized carbons (Fsp3) is 0. The molecule has 0 unspecified atom stereocenters. The maximum atomic E-state index is 12.2. The zero-order valence-corrected chi connectivity index (χ0v) is 15.2. The molecule has 3 aromatic carbocycles. The molecule has 0 saturated carbocycles. The van der Waals surface area contributed by atoms with Gasteiger partial charge in [0, 0.05) is 28.2 Å². The number of anilines is 1. The molecule has 1 amide bonds. The minimum atomic E-state index is -0.0774. The highest BCUT2D eigenvalue weighted by atomic mass is 32.1. The van der Waals surface area contributed by atoms with Crippen LogP contribution in [-0.2, 0) is 0 Å². The van der Waals surface area contributed by atoms with Gasteiger partial charge in [-0.05, 0) is 63.7 Å². The number of carbonyl (C=O) groups is 1.